The Labute approximate surface area is 177 Å². The summed E-state index contributed by atoms with van der Waals surface area (Å²) in [5, 5.41) is 9.47. The van der Waals surface area contributed by atoms with Crippen LogP contribution in [0, 0.1) is 15.9 Å². The van der Waals surface area contributed by atoms with Crippen molar-refractivity contribution in [2.24, 2.45) is 0 Å². The lowest BCUT2D eigenvalue weighted by molar-refractivity contribution is -0.757. The van der Waals surface area contributed by atoms with E-state index >= 15 is 0 Å². The van der Waals surface area contributed by atoms with Crippen molar-refractivity contribution in [1.82, 2.24) is 14.2 Å². The molecule has 1 saturated heterocycles. The minimum Gasteiger partial charge on any atom is -0.447 e. The fourth-order valence-corrected chi connectivity index (χ4v) is 5.38. The first-order valence-electron chi connectivity index (χ1n) is 9.45. The molecule has 1 aromatic carbocycles. The largest absolute Gasteiger partial charge is 0.447 e. The van der Waals surface area contributed by atoms with Gasteiger partial charge in [-0.05, 0) is 19.4 Å². The Bertz CT molecular complexity index is 1080. The van der Waals surface area contributed by atoms with Gasteiger partial charge in [0.05, 0.1) is 11.1 Å². The van der Waals surface area contributed by atoms with Crippen LogP contribution in [-0.4, -0.2) is 72.7 Å². The average Bonchev–Trinajstić information content (AvgIpc) is 2.92. The fourth-order valence-electron chi connectivity index (χ4n) is 3.49. The molecule has 0 saturated carbocycles. The monoisotopic (exact) mass is 456 g/mol. The van der Waals surface area contributed by atoms with Crippen molar-refractivity contribution in [2.75, 3.05) is 32.8 Å². The van der Waals surface area contributed by atoms with E-state index in [0.717, 1.165) is 6.20 Å². The molecule has 2 aromatic rings. The summed E-state index contributed by atoms with van der Waals surface area (Å²) in [5.74, 6) is -0.735. The molecule has 3 rings (SSSR count). The number of hydrogen-bond donors (Lipinski definition) is 0. The van der Waals surface area contributed by atoms with Gasteiger partial charge in [-0.1, -0.05) is 12.1 Å². The second kappa shape index (κ2) is 9.39. The molecule has 13 heteroatoms. The van der Waals surface area contributed by atoms with Gasteiger partial charge in [0.15, 0.2) is 5.82 Å². The molecule has 31 heavy (non-hydrogen) atoms. The number of hydrogen-bond acceptors (Lipinski definition) is 8. The predicted molar refractivity (Wildman–Crippen MR) is 106 cm³/mol. The lowest BCUT2D eigenvalue weighted by Gasteiger charge is -2.28. The van der Waals surface area contributed by atoms with Crippen LogP contribution in [0.1, 0.15) is 13.3 Å². The van der Waals surface area contributed by atoms with Gasteiger partial charge < -0.3 is 14.5 Å². The third kappa shape index (κ3) is 4.99. The molecule has 0 radical (unpaired) electrons. The molecule has 168 valence electrons. The molecule has 2 heterocycles. The fraction of sp³-hybridized carbons (Fsp3) is 0.444. The van der Waals surface area contributed by atoms with Crippen LogP contribution in [0.25, 0.3) is 10.8 Å². The van der Waals surface area contributed by atoms with Crippen LogP contribution in [0.2, 0.25) is 0 Å². The smallest absolute Gasteiger partial charge is 0.409 e. The predicted octanol–water partition coefficient (Wildman–Crippen LogP) is 1.80. The molecule has 1 aromatic heterocycles. The first kappa shape index (κ1) is 22.6. The van der Waals surface area contributed by atoms with E-state index in [1.807, 2.05) is 0 Å². The second-order valence-electron chi connectivity index (χ2n) is 6.91. The lowest BCUT2D eigenvalue weighted by Crippen LogP contribution is -2.44. The minimum atomic E-state index is -4.07. The maximum absolute atomic E-state index is 14.4. The first-order chi connectivity index (χ1) is 14.7. The lowest BCUT2D eigenvalue weighted by atomic mass is 10.2. The SMILES string of the molecule is C[C@H]1CN(C(=O)OCCO[N+](=O)[O-])CCCN1S(=O)(=O)c1cccc2cncc(F)c12. The zero-order valence-electron chi connectivity index (χ0n) is 16.6. The number of pyridine rings is 1. The number of sulfonamides is 1. The Balaban J connectivity index is 1.77. The van der Waals surface area contributed by atoms with Gasteiger partial charge in [-0.25, -0.2) is 17.6 Å². The van der Waals surface area contributed by atoms with Gasteiger partial charge in [0.1, 0.15) is 13.2 Å². The van der Waals surface area contributed by atoms with Gasteiger partial charge in [-0.3, -0.25) is 4.98 Å². The number of rotatable bonds is 6. The molecular formula is C18H21FN4O7S. The van der Waals surface area contributed by atoms with E-state index in [9.17, 15) is 27.7 Å². The molecular weight excluding hydrogens is 435 g/mol. The van der Waals surface area contributed by atoms with E-state index in [2.05, 4.69) is 9.82 Å². The molecule has 1 aliphatic rings. The average molecular weight is 456 g/mol. The summed E-state index contributed by atoms with van der Waals surface area (Å²) in [6, 6.07) is 3.83. The Morgan fingerprint density at radius 1 is 1.32 bits per heavy atom. The van der Waals surface area contributed by atoms with Crippen LogP contribution in [0.3, 0.4) is 0 Å². The van der Waals surface area contributed by atoms with Crippen LogP contribution < -0.4 is 0 Å². The second-order valence-corrected chi connectivity index (χ2v) is 8.77. The van der Waals surface area contributed by atoms with E-state index in [4.69, 9.17) is 4.74 Å². The van der Waals surface area contributed by atoms with Gasteiger partial charge in [0.2, 0.25) is 10.0 Å². The van der Waals surface area contributed by atoms with Crippen molar-refractivity contribution in [3.63, 3.8) is 0 Å². The normalized spacial score (nSPS) is 17.9. The van der Waals surface area contributed by atoms with Gasteiger partial charge >= 0.3 is 6.09 Å². The summed E-state index contributed by atoms with van der Waals surface area (Å²) in [6.45, 7) is 1.34. The van der Waals surface area contributed by atoms with Gasteiger partial charge in [-0.15, -0.1) is 10.1 Å². The van der Waals surface area contributed by atoms with Crippen molar-refractivity contribution >= 4 is 26.9 Å². The van der Waals surface area contributed by atoms with Crippen LogP contribution in [-0.2, 0) is 19.6 Å². The molecule has 0 bridgehead atoms. The zero-order chi connectivity index (χ0) is 22.6. The summed E-state index contributed by atoms with van der Waals surface area (Å²) in [4.78, 5) is 31.4. The number of carbonyl (C=O) groups excluding carboxylic acids is 1. The van der Waals surface area contributed by atoms with Crippen LogP contribution in [0.4, 0.5) is 9.18 Å². The van der Waals surface area contributed by atoms with E-state index in [-0.39, 0.29) is 36.5 Å². The Hall–Kier alpha value is -3.06. The number of halogens is 1. The molecule has 1 fully saturated rings. The van der Waals surface area contributed by atoms with Crippen LogP contribution >= 0.6 is 0 Å². The number of carbonyl (C=O) groups is 1. The molecule has 0 aliphatic carbocycles. The highest BCUT2D eigenvalue weighted by molar-refractivity contribution is 7.89. The molecule has 1 aliphatic heterocycles. The number of benzene rings is 1. The maximum Gasteiger partial charge on any atom is 0.409 e. The minimum absolute atomic E-state index is 0.0315. The Morgan fingerprint density at radius 3 is 2.84 bits per heavy atom. The van der Waals surface area contributed by atoms with Crippen LogP contribution in [0.5, 0.6) is 0 Å². The van der Waals surface area contributed by atoms with Crippen molar-refractivity contribution in [3.8, 4) is 0 Å². The number of ether oxygens (including phenoxy) is 1. The molecule has 0 N–H and O–H groups in total. The third-order valence-electron chi connectivity index (χ3n) is 4.83. The third-order valence-corrected chi connectivity index (χ3v) is 6.89. The van der Waals surface area contributed by atoms with Gasteiger partial charge in [0.25, 0.3) is 5.09 Å². The summed E-state index contributed by atoms with van der Waals surface area (Å²) in [7, 11) is -4.07. The van der Waals surface area contributed by atoms with E-state index in [1.165, 1.54) is 27.5 Å². The summed E-state index contributed by atoms with van der Waals surface area (Å²) >= 11 is 0. The summed E-state index contributed by atoms with van der Waals surface area (Å²) in [5.41, 5.74) is 0. The number of aromatic nitrogens is 1. The Morgan fingerprint density at radius 2 is 2.10 bits per heavy atom. The number of amides is 1. The zero-order valence-corrected chi connectivity index (χ0v) is 17.5. The molecule has 0 spiro atoms. The van der Waals surface area contributed by atoms with Crippen molar-refractivity contribution < 1.29 is 32.3 Å². The highest BCUT2D eigenvalue weighted by atomic mass is 32.2. The highest BCUT2D eigenvalue weighted by Crippen LogP contribution is 2.29. The number of nitrogens with zero attached hydrogens (tertiary/aromatic N) is 4. The molecule has 0 unspecified atom stereocenters. The highest BCUT2D eigenvalue weighted by Gasteiger charge is 2.35. The van der Waals surface area contributed by atoms with Crippen molar-refractivity contribution in [1.29, 1.82) is 0 Å². The van der Waals surface area contributed by atoms with Crippen molar-refractivity contribution in [2.45, 2.75) is 24.3 Å². The maximum atomic E-state index is 14.4. The van der Waals surface area contributed by atoms with Crippen LogP contribution in [0.15, 0.2) is 35.5 Å². The van der Waals surface area contributed by atoms with E-state index in [1.54, 1.807) is 13.0 Å². The van der Waals surface area contributed by atoms with Gasteiger partial charge in [0, 0.05) is 42.6 Å². The molecule has 1 amide bonds. The van der Waals surface area contributed by atoms with E-state index < -0.39 is 39.7 Å². The van der Waals surface area contributed by atoms with Crippen molar-refractivity contribution in [3.05, 3.63) is 46.5 Å². The summed E-state index contributed by atoms with van der Waals surface area (Å²) < 4.78 is 47.4. The molecule has 11 nitrogen and oxygen atoms in total. The standard InChI is InChI=1S/C18H21FN4O7S/c1-13-12-21(18(24)29-8-9-30-23(25)26)6-3-7-22(13)31(27,28)16-5-2-4-14-10-20-11-15(19)17(14)16/h2,4-5,10-11,13H,3,6-9,12H2,1H3/t13-/m0/s1. The topological polar surface area (TPSA) is 132 Å². The van der Waals surface area contributed by atoms with Gasteiger partial charge in [-0.2, -0.15) is 4.31 Å². The molecule has 1 atom stereocenters. The first-order valence-corrected chi connectivity index (χ1v) is 10.9. The Kier molecular flexibility index (Phi) is 6.85. The number of fused-ring (bicyclic) bond motifs is 1. The van der Waals surface area contributed by atoms with E-state index in [0.29, 0.717) is 11.8 Å². The quantitative estimate of drug-likeness (QED) is 0.365. The summed E-state index contributed by atoms with van der Waals surface area (Å²) in [6.07, 6.45) is 1.97.